The molecule has 1 aliphatic carbocycles. The van der Waals surface area contributed by atoms with Crippen molar-refractivity contribution in [3.63, 3.8) is 0 Å². The maximum atomic E-state index is 12.7. The SMILES string of the molecule is CCOC(=O)C1=C(C)N(C2CC2)C(=S)N[C@@H]1c1ccc2c(c1)OCCO2. The first kappa shape index (κ1) is 17.1. The topological polar surface area (TPSA) is 60.0 Å². The van der Waals surface area contributed by atoms with Gasteiger partial charge in [0.15, 0.2) is 16.6 Å². The van der Waals surface area contributed by atoms with E-state index in [2.05, 4.69) is 10.2 Å². The van der Waals surface area contributed by atoms with Crippen molar-refractivity contribution in [2.45, 2.75) is 38.8 Å². The Kier molecular flexibility index (Phi) is 4.48. The molecule has 1 N–H and O–H groups in total. The van der Waals surface area contributed by atoms with E-state index in [9.17, 15) is 4.79 Å². The molecule has 1 aromatic rings. The van der Waals surface area contributed by atoms with Crippen molar-refractivity contribution in [1.82, 2.24) is 10.2 Å². The number of allylic oxidation sites excluding steroid dienone is 1. The van der Waals surface area contributed by atoms with Crippen LogP contribution in [-0.2, 0) is 9.53 Å². The summed E-state index contributed by atoms with van der Waals surface area (Å²) in [4.78, 5) is 14.8. The second-order valence-corrected chi connectivity index (χ2v) is 6.99. The number of rotatable bonds is 4. The van der Waals surface area contributed by atoms with Crippen LogP contribution in [0.2, 0.25) is 0 Å². The zero-order valence-electron chi connectivity index (χ0n) is 14.9. The molecule has 4 rings (SSSR count). The van der Waals surface area contributed by atoms with Crippen LogP contribution >= 0.6 is 12.2 Å². The summed E-state index contributed by atoms with van der Waals surface area (Å²) in [5.74, 6) is 1.09. The second-order valence-electron chi connectivity index (χ2n) is 6.61. The maximum Gasteiger partial charge on any atom is 0.338 e. The van der Waals surface area contributed by atoms with Crippen LogP contribution in [0.5, 0.6) is 11.5 Å². The lowest BCUT2D eigenvalue weighted by Gasteiger charge is -2.38. The van der Waals surface area contributed by atoms with E-state index >= 15 is 0 Å². The summed E-state index contributed by atoms with van der Waals surface area (Å²) in [6.07, 6.45) is 2.17. The highest BCUT2D eigenvalue weighted by molar-refractivity contribution is 7.80. The minimum atomic E-state index is -0.368. The molecule has 1 atom stereocenters. The summed E-state index contributed by atoms with van der Waals surface area (Å²) < 4.78 is 16.6. The minimum absolute atomic E-state index is 0.314. The van der Waals surface area contributed by atoms with Crippen LogP contribution < -0.4 is 14.8 Å². The Morgan fingerprint density at radius 2 is 2.04 bits per heavy atom. The van der Waals surface area contributed by atoms with Gasteiger partial charge >= 0.3 is 5.97 Å². The van der Waals surface area contributed by atoms with Crippen LogP contribution in [0.1, 0.15) is 38.3 Å². The third-order valence-corrected chi connectivity index (χ3v) is 5.15. The molecular formula is C19H22N2O4S. The van der Waals surface area contributed by atoms with Gasteiger partial charge in [0.25, 0.3) is 0 Å². The first-order valence-corrected chi connectivity index (χ1v) is 9.38. The van der Waals surface area contributed by atoms with E-state index in [1.165, 1.54) is 0 Å². The van der Waals surface area contributed by atoms with Crippen LogP contribution in [0, 0.1) is 0 Å². The van der Waals surface area contributed by atoms with Crippen LogP contribution in [0.25, 0.3) is 0 Å². The Balaban J connectivity index is 1.75. The van der Waals surface area contributed by atoms with E-state index in [0.29, 0.717) is 42.3 Å². The molecule has 0 amide bonds. The Morgan fingerprint density at radius 3 is 2.73 bits per heavy atom. The van der Waals surface area contributed by atoms with Crippen LogP contribution in [-0.4, -0.2) is 41.8 Å². The van der Waals surface area contributed by atoms with Crippen molar-refractivity contribution in [3.05, 3.63) is 35.0 Å². The lowest BCUT2D eigenvalue weighted by atomic mass is 9.94. The largest absolute Gasteiger partial charge is 0.486 e. The molecule has 0 aromatic heterocycles. The summed E-state index contributed by atoms with van der Waals surface area (Å²) in [5.41, 5.74) is 2.37. The number of nitrogens with zero attached hydrogens (tertiary/aromatic N) is 1. The summed E-state index contributed by atoms with van der Waals surface area (Å²) in [7, 11) is 0. The van der Waals surface area contributed by atoms with E-state index in [1.807, 2.05) is 32.0 Å². The fourth-order valence-corrected chi connectivity index (χ4v) is 3.90. The summed E-state index contributed by atoms with van der Waals surface area (Å²) in [6, 6.07) is 5.73. The zero-order chi connectivity index (χ0) is 18.3. The fourth-order valence-electron chi connectivity index (χ4n) is 3.49. The van der Waals surface area contributed by atoms with Crippen LogP contribution in [0.4, 0.5) is 0 Å². The number of ether oxygens (including phenoxy) is 3. The third kappa shape index (κ3) is 3.00. The van der Waals surface area contributed by atoms with E-state index in [0.717, 1.165) is 29.9 Å². The van der Waals surface area contributed by atoms with Crippen LogP contribution in [0.3, 0.4) is 0 Å². The monoisotopic (exact) mass is 374 g/mol. The predicted octanol–water partition coefficient (Wildman–Crippen LogP) is 2.69. The van der Waals surface area contributed by atoms with E-state index in [-0.39, 0.29) is 12.0 Å². The molecule has 0 unspecified atom stereocenters. The molecule has 1 fully saturated rings. The Labute approximate surface area is 158 Å². The van der Waals surface area contributed by atoms with Gasteiger partial charge in [-0.1, -0.05) is 6.07 Å². The number of esters is 1. The fraction of sp³-hybridized carbons (Fsp3) is 0.474. The molecule has 6 nitrogen and oxygen atoms in total. The number of hydrogen-bond donors (Lipinski definition) is 1. The van der Waals surface area contributed by atoms with Gasteiger partial charge in [-0.3, -0.25) is 0 Å². The van der Waals surface area contributed by atoms with Crippen molar-refractivity contribution < 1.29 is 19.0 Å². The van der Waals surface area contributed by atoms with E-state index < -0.39 is 0 Å². The first-order chi connectivity index (χ1) is 12.6. The maximum absolute atomic E-state index is 12.7. The standard InChI is InChI=1S/C19H22N2O4S/c1-3-23-18(22)16-11(2)21(13-5-6-13)19(26)20-17(16)12-4-7-14-15(10-12)25-9-8-24-14/h4,7,10,13,17H,3,5-6,8-9H2,1-2H3,(H,20,26)/t17-/m1/s1. The molecule has 138 valence electrons. The van der Waals surface area contributed by atoms with Crippen LogP contribution in [0.15, 0.2) is 29.5 Å². The van der Waals surface area contributed by atoms with Crippen molar-refractivity contribution >= 4 is 23.3 Å². The Morgan fingerprint density at radius 1 is 1.31 bits per heavy atom. The molecule has 0 spiro atoms. The number of fused-ring (bicyclic) bond motifs is 1. The lowest BCUT2D eigenvalue weighted by molar-refractivity contribution is -0.139. The highest BCUT2D eigenvalue weighted by Gasteiger charge is 2.41. The summed E-state index contributed by atoms with van der Waals surface area (Å²) >= 11 is 5.60. The molecule has 7 heteroatoms. The Hall–Kier alpha value is -2.28. The third-order valence-electron chi connectivity index (χ3n) is 4.83. The number of nitrogens with one attached hydrogen (secondary N) is 1. The number of benzene rings is 1. The lowest BCUT2D eigenvalue weighted by Crippen LogP contribution is -2.48. The molecule has 26 heavy (non-hydrogen) atoms. The second kappa shape index (κ2) is 6.79. The summed E-state index contributed by atoms with van der Waals surface area (Å²) in [5, 5.41) is 3.98. The van der Waals surface area contributed by atoms with Gasteiger partial charge in [-0.2, -0.15) is 0 Å². The van der Waals surface area contributed by atoms with Crippen molar-refractivity contribution in [3.8, 4) is 11.5 Å². The molecule has 3 aliphatic rings. The smallest absolute Gasteiger partial charge is 0.338 e. The van der Waals surface area contributed by atoms with Gasteiger partial charge in [0.1, 0.15) is 13.2 Å². The van der Waals surface area contributed by atoms with Crippen molar-refractivity contribution in [2.24, 2.45) is 0 Å². The van der Waals surface area contributed by atoms with Crippen molar-refractivity contribution in [2.75, 3.05) is 19.8 Å². The molecule has 1 aromatic carbocycles. The molecule has 0 bridgehead atoms. The van der Waals surface area contributed by atoms with E-state index in [1.54, 1.807) is 0 Å². The van der Waals surface area contributed by atoms with Gasteiger partial charge in [-0.15, -0.1) is 0 Å². The molecule has 2 aliphatic heterocycles. The molecule has 0 radical (unpaired) electrons. The number of carbonyl (C=O) groups excluding carboxylic acids is 1. The highest BCUT2D eigenvalue weighted by Crippen LogP contribution is 2.40. The zero-order valence-corrected chi connectivity index (χ0v) is 15.7. The number of hydrogen-bond acceptors (Lipinski definition) is 5. The molecule has 1 saturated carbocycles. The molecule has 2 heterocycles. The quantitative estimate of drug-likeness (QED) is 0.642. The normalized spacial score (nSPS) is 22.2. The minimum Gasteiger partial charge on any atom is -0.486 e. The van der Waals surface area contributed by atoms with Gasteiger partial charge in [-0.25, -0.2) is 4.79 Å². The molecular weight excluding hydrogens is 352 g/mol. The average molecular weight is 374 g/mol. The van der Waals surface area contributed by atoms with Gasteiger partial charge in [0.2, 0.25) is 0 Å². The highest BCUT2D eigenvalue weighted by atomic mass is 32.1. The van der Waals surface area contributed by atoms with Gasteiger partial charge in [-0.05, 0) is 56.6 Å². The first-order valence-electron chi connectivity index (χ1n) is 8.97. The number of thiocarbonyl (C=S) groups is 1. The average Bonchev–Trinajstić information content (AvgIpc) is 3.46. The molecule has 0 saturated heterocycles. The van der Waals surface area contributed by atoms with E-state index in [4.69, 9.17) is 26.4 Å². The van der Waals surface area contributed by atoms with Gasteiger partial charge < -0.3 is 24.4 Å². The van der Waals surface area contributed by atoms with Gasteiger partial charge in [0, 0.05) is 11.7 Å². The van der Waals surface area contributed by atoms with Gasteiger partial charge in [0.05, 0.1) is 18.2 Å². The Bertz CT molecular complexity index is 788. The van der Waals surface area contributed by atoms with Crippen molar-refractivity contribution in [1.29, 1.82) is 0 Å². The predicted molar refractivity (Wildman–Crippen MR) is 100 cm³/mol. The summed E-state index contributed by atoms with van der Waals surface area (Å²) in [6.45, 7) is 5.15. The number of carbonyl (C=O) groups is 1.